The molecule has 0 spiro atoms. The Labute approximate surface area is 101 Å². The lowest BCUT2D eigenvalue weighted by atomic mass is 10.0. The van der Waals surface area contributed by atoms with E-state index in [1.165, 1.54) is 10.8 Å². The van der Waals surface area contributed by atoms with Crippen molar-refractivity contribution in [3.63, 3.8) is 0 Å². The number of hydrogen-bond acceptors (Lipinski definition) is 3. The Morgan fingerprint density at radius 1 is 1.12 bits per heavy atom. The molecule has 0 aliphatic heterocycles. The maximum atomic E-state index is 9.01. The highest BCUT2D eigenvalue weighted by Gasteiger charge is 2.07. The van der Waals surface area contributed by atoms with Crippen LogP contribution in [-0.4, -0.2) is 25.3 Å². The van der Waals surface area contributed by atoms with Crippen LogP contribution >= 0.6 is 0 Å². The van der Waals surface area contributed by atoms with Gasteiger partial charge in [0.15, 0.2) is 0 Å². The number of hydrogen-bond donors (Lipinski definition) is 2. The molecule has 2 aromatic rings. The summed E-state index contributed by atoms with van der Waals surface area (Å²) >= 11 is 0. The van der Waals surface area contributed by atoms with Crippen molar-refractivity contribution in [3.8, 4) is 0 Å². The van der Waals surface area contributed by atoms with Gasteiger partial charge in [0.2, 0.25) is 0 Å². The van der Waals surface area contributed by atoms with Crippen molar-refractivity contribution >= 4 is 16.5 Å². The summed E-state index contributed by atoms with van der Waals surface area (Å²) in [5.41, 5.74) is 8.03. The predicted molar refractivity (Wildman–Crippen MR) is 72.2 cm³/mol. The Balaban J connectivity index is 2.58. The number of fused-ring (bicyclic) bond motifs is 1. The molecule has 0 unspecified atom stereocenters. The molecule has 0 fully saturated rings. The zero-order valence-electron chi connectivity index (χ0n) is 10.1. The number of nitrogens with zero attached hydrogens (tertiary/aromatic N) is 1. The van der Waals surface area contributed by atoms with Crippen LogP contribution in [0.5, 0.6) is 0 Å². The number of anilines is 1. The minimum absolute atomic E-state index is 0.156. The van der Waals surface area contributed by atoms with Gasteiger partial charge in [0.05, 0.1) is 6.61 Å². The van der Waals surface area contributed by atoms with Crippen molar-refractivity contribution in [3.05, 3.63) is 42.0 Å². The Hall–Kier alpha value is -1.58. The lowest BCUT2D eigenvalue weighted by molar-refractivity contribution is 0.304. The van der Waals surface area contributed by atoms with Gasteiger partial charge in [0.25, 0.3) is 0 Å². The van der Waals surface area contributed by atoms with Crippen molar-refractivity contribution in [1.29, 1.82) is 0 Å². The van der Waals surface area contributed by atoms with Crippen LogP contribution in [0.2, 0.25) is 0 Å². The monoisotopic (exact) mass is 230 g/mol. The van der Waals surface area contributed by atoms with E-state index in [0.717, 1.165) is 11.3 Å². The number of benzene rings is 2. The highest BCUT2D eigenvalue weighted by Crippen LogP contribution is 2.28. The quantitative estimate of drug-likeness (QED) is 0.841. The standard InChI is InChI=1S/C14H18N2O/c1-16(8-9-17)14-7-6-11(10-15)12-4-2-3-5-13(12)14/h2-7,17H,8-10,15H2,1H3. The van der Waals surface area contributed by atoms with Crippen LogP contribution < -0.4 is 10.6 Å². The summed E-state index contributed by atoms with van der Waals surface area (Å²) in [4.78, 5) is 2.06. The van der Waals surface area contributed by atoms with Gasteiger partial charge in [-0.3, -0.25) is 0 Å². The molecule has 0 radical (unpaired) electrons. The van der Waals surface area contributed by atoms with Gasteiger partial charge in [-0.2, -0.15) is 0 Å². The van der Waals surface area contributed by atoms with Gasteiger partial charge < -0.3 is 15.7 Å². The molecule has 2 aromatic carbocycles. The molecule has 0 saturated carbocycles. The smallest absolute Gasteiger partial charge is 0.0606 e. The normalized spacial score (nSPS) is 10.8. The largest absolute Gasteiger partial charge is 0.395 e. The van der Waals surface area contributed by atoms with E-state index in [0.29, 0.717) is 13.1 Å². The van der Waals surface area contributed by atoms with Crippen LogP contribution in [0.25, 0.3) is 10.8 Å². The van der Waals surface area contributed by atoms with Crippen LogP contribution in [0.1, 0.15) is 5.56 Å². The van der Waals surface area contributed by atoms with Gasteiger partial charge in [0, 0.05) is 31.2 Å². The van der Waals surface area contributed by atoms with E-state index in [1.807, 2.05) is 19.2 Å². The fraction of sp³-hybridized carbons (Fsp3) is 0.286. The Bertz CT molecular complexity index is 511. The zero-order valence-corrected chi connectivity index (χ0v) is 10.1. The number of nitrogens with two attached hydrogens (primary N) is 1. The Kier molecular flexibility index (Phi) is 3.61. The molecule has 0 bridgehead atoms. The summed E-state index contributed by atoms with van der Waals surface area (Å²) in [7, 11) is 1.99. The summed E-state index contributed by atoms with van der Waals surface area (Å²) in [5, 5.41) is 11.4. The van der Waals surface area contributed by atoms with Crippen molar-refractivity contribution in [2.24, 2.45) is 5.73 Å². The first-order valence-corrected chi connectivity index (χ1v) is 5.80. The van der Waals surface area contributed by atoms with Crippen molar-refractivity contribution in [1.82, 2.24) is 0 Å². The van der Waals surface area contributed by atoms with Gasteiger partial charge >= 0.3 is 0 Å². The zero-order chi connectivity index (χ0) is 12.3. The molecule has 0 amide bonds. The lowest BCUT2D eigenvalue weighted by Crippen LogP contribution is -2.21. The van der Waals surface area contributed by atoms with E-state index in [2.05, 4.69) is 29.2 Å². The molecule has 3 N–H and O–H groups in total. The molecular weight excluding hydrogens is 212 g/mol. The molecule has 90 valence electrons. The van der Waals surface area contributed by atoms with Gasteiger partial charge in [-0.1, -0.05) is 30.3 Å². The lowest BCUT2D eigenvalue weighted by Gasteiger charge is -2.21. The van der Waals surface area contributed by atoms with Crippen LogP contribution in [0.4, 0.5) is 5.69 Å². The number of aliphatic hydroxyl groups excluding tert-OH is 1. The second kappa shape index (κ2) is 5.17. The molecule has 0 heterocycles. The first-order chi connectivity index (χ1) is 8.27. The van der Waals surface area contributed by atoms with Crippen LogP contribution in [0, 0.1) is 0 Å². The highest BCUT2D eigenvalue weighted by atomic mass is 16.3. The first-order valence-electron chi connectivity index (χ1n) is 5.80. The molecule has 3 heteroatoms. The van der Waals surface area contributed by atoms with Crippen LogP contribution in [0.3, 0.4) is 0 Å². The van der Waals surface area contributed by atoms with Crippen molar-refractivity contribution in [2.45, 2.75) is 6.54 Å². The second-order valence-electron chi connectivity index (χ2n) is 4.14. The fourth-order valence-corrected chi connectivity index (χ4v) is 2.13. The minimum Gasteiger partial charge on any atom is -0.395 e. The average Bonchev–Trinajstić information content (AvgIpc) is 2.37. The SMILES string of the molecule is CN(CCO)c1ccc(CN)c2ccccc12. The van der Waals surface area contributed by atoms with Gasteiger partial charge in [-0.25, -0.2) is 0 Å². The first kappa shape index (κ1) is 11.9. The van der Waals surface area contributed by atoms with Crippen LogP contribution in [0.15, 0.2) is 36.4 Å². The number of rotatable bonds is 4. The van der Waals surface area contributed by atoms with Crippen molar-refractivity contribution in [2.75, 3.05) is 25.1 Å². The fourth-order valence-electron chi connectivity index (χ4n) is 2.13. The molecule has 0 aliphatic rings. The van der Waals surface area contributed by atoms with E-state index < -0.39 is 0 Å². The Morgan fingerprint density at radius 3 is 2.47 bits per heavy atom. The highest BCUT2D eigenvalue weighted by molar-refractivity contribution is 5.96. The van der Waals surface area contributed by atoms with Gasteiger partial charge in [-0.05, 0) is 17.0 Å². The maximum Gasteiger partial charge on any atom is 0.0606 e. The summed E-state index contributed by atoms with van der Waals surface area (Å²) in [6, 6.07) is 12.4. The van der Waals surface area contributed by atoms with Crippen LogP contribution in [-0.2, 0) is 6.54 Å². The van der Waals surface area contributed by atoms with E-state index in [-0.39, 0.29) is 6.61 Å². The molecule has 2 rings (SSSR count). The Morgan fingerprint density at radius 2 is 1.82 bits per heavy atom. The molecular formula is C14H18N2O. The molecule has 0 aliphatic carbocycles. The second-order valence-corrected chi connectivity index (χ2v) is 4.14. The maximum absolute atomic E-state index is 9.01. The third-order valence-electron chi connectivity index (χ3n) is 3.06. The molecule has 3 nitrogen and oxygen atoms in total. The van der Waals surface area contributed by atoms with E-state index in [1.54, 1.807) is 0 Å². The predicted octanol–water partition coefficient (Wildman–Crippen LogP) is 1.73. The third-order valence-corrected chi connectivity index (χ3v) is 3.06. The van der Waals surface area contributed by atoms with Crippen molar-refractivity contribution < 1.29 is 5.11 Å². The summed E-state index contributed by atoms with van der Waals surface area (Å²) in [6.07, 6.45) is 0. The summed E-state index contributed by atoms with van der Waals surface area (Å²) in [6.45, 7) is 1.33. The third kappa shape index (κ3) is 2.25. The number of aliphatic hydroxyl groups is 1. The molecule has 17 heavy (non-hydrogen) atoms. The average molecular weight is 230 g/mol. The van der Waals surface area contributed by atoms with E-state index in [4.69, 9.17) is 10.8 Å². The molecule has 0 saturated heterocycles. The minimum atomic E-state index is 0.156. The van der Waals surface area contributed by atoms with E-state index >= 15 is 0 Å². The topological polar surface area (TPSA) is 49.5 Å². The molecule has 0 atom stereocenters. The van der Waals surface area contributed by atoms with E-state index in [9.17, 15) is 0 Å². The summed E-state index contributed by atoms with van der Waals surface area (Å²) in [5.74, 6) is 0. The van der Waals surface area contributed by atoms with Gasteiger partial charge in [-0.15, -0.1) is 0 Å². The van der Waals surface area contributed by atoms with Gasteiger partial charge in [0.1, 0.15) is 0 Å². The number of likely N-dealkylation sites (N-methyl/N-ethyl adjacent to an activating group) is 1. The molecule has 0 aromatic heterocycles. The summed E-state index contributed by atoms with van der Waals surface area (Å²) < 4.78 is 0.